The molecule has 0 unspecified atom stereocenters. The van der Waals surface area contributed by atoms with E-state index in [9.17, 15) is 0 Å². The molecule has 2 heterocycles. The fraction of sp³-hybridized carbons (Fsp3) is 0.250. The smallest absolute Gasteiger partial charge is 0.149 e. The quantitative estimate of drug-likeness (QED) is 0.825. The second-order valence-corrected chi connectivity index (χ2v) is 3.81. The fourth-order valence-corrected chi connectivity index (χ4v) is 1.53. The molecular weight excluding hydrogens is 200 g/mol. The van der Waals surface area contributed by atoms with Gasteiger partial charge in [0, 0.05) is 18.8 Å². The van der Waals surface area contributed by atoms with Gasteiger partial charge in [0.05, 0.1) is 5.69 Å². The van der Waals surface area contributed by atoms with Crippen LogP contribution < -0.4 is 5.73 Å². The van der Waals surface area contributed by atoms with E-state index >= 15 is 0 Å². The maximum absolute atomic E-state index is 5.70. The predicted octanol–water partition coefficient (Wildman–Crippen LogP) is 1.66. The average molecular weight is 214 g/mol. The first-order valence-electron chi connectivity index (χ1n) is 5.15. The van der Waals surface area contributed by atoms with E-state index in [2.05, 4.69) is 15.2 Å². The number of pyridine rings is 1. The van der Waals surface area contributed by atoms with Crippen LogP contribution in [0.25, 0.3) is 0 Å². The highest BCUT2D eigenvalue weighted by molar-refractivity contribution is 5.44. The molecule has 0 radical (unpaired) electrons. The molecule has 0 aliphatic carbocycles. The van der Waals surface area contributed by atoms with Gasteiger partial charge < -0.3 is 5.73 Å². The molecule has 0 amide bonds. The van der Waals surface area contributed by atoms with E-state index in [0.717, 1.165) is 23.2 Å². The van der Waals surface area contributed by atoms with E-state index in [1.165, 1.54) is 5.56 Å². The summed E-state index contributed by atoms with van der Waals surface area (Å²) in [6.45, 7) is 3.99. The molecule has 4 nitrogen and oxygen atoms in total. The summed E-state index contributed by atoms with van der Waals surface area (Å²) in [5.41, 5.74) is 9.98. The molecule has 0 fully saturated rings. The number of nitrogens with two attached hydrogens (primary N) is 1. The minimum Gasteiger partial charge on any atom is -0.382 e. The Bertz CT molecular complexity index is 494. The normalized spacial score (nSPS) is 10.4. The molecular formula is C12H14N4. The number of rotatable bonds is 2. The third-order valence-corrected chi connectivity index (χ3v) is 2.78. The molecule has 2 rings (SSSR count). The Labute approximate surface area is 94.6 Å². The van der Waals surface area contributed by atoms with Gasteiger partial charge in [-0.2, -0.15) is 5.10 Å². The maximum Gasteiger partial charge on any atom is 0.149 e. The van der Waals surface area contributed by atoms with Gasteiger partial charge in [0.15, 0.2) is 0 Å². The second kappa shape index (κ2) is 4.26. The van der Waals surface area contributed by atoms with Crippen molar-refractivity contribution >= 4 is 5.82 Å². The summed E-state index contributed by atoms with van der Waals surface area (Å²) < 4.78 is 0. The highest BCUT2D eigenvalue weighted by atomic mass is 15.1. The van der Waals surface area contributed by atoms with Gasteiger partial charge >= 0.3 is 0 Å². The van der Waals surface area contributed by atoms with Crippen LogP contribution in [0.3, 0.4) is 0 Å². The lowest BCUT2D eigenvalue weighted by molar-refractivity contribution is 0.912. The lowest BCUT2D eigenvalue weighted by atomic mass is 10.0. The van der Waals surface area contributed by atoms with Gasteiger partial charge in [-0.15, -0.1) is 5.10 Å². The van der Waals surface area contributed by atoms with E-state index in [1.807, 2.05) is 26.0 Å². The highest BCUT2D eigenvalue weighted by Gasteiger charge is 2.07. The zero-order valence-corrected chi connectivity index (χ0v) is 9.44. The van der Waals surface area contributed by atoms with Crippen molar-refractivity contribution in [3.05, 3.63) is 46.9 Å². The van der Waals surface area contributed by atoms with Crippen molar-refractivity contribution in [1.29, 1.82) is 0 Å². The van der Waals surface area contributed by atoms with Crippen molar-refractivity contribution in [2.75, 3.05) is 5.73 Å². The number of aromatic nitrogens is 3. The molecule has 2 aromatic heterocycles. The van der Waals surface area contributed by atoms with Gasteiger partial charge in [-0.05, 0) is 42.7 Å². The van der Waals surface area contributed by atoms with Crippen LogP contribution in [0.1, 0.15) is 22.4 Å². The standard InChI is InChI=1S/C12H14N4/c1-8-9(2)12(13)16-15-11(8)7-10-3-5-14-6-4-10/h3-6H,7H2,1-2H3,(H2,13,16). The summed E-state index contributed by atoms with van der Waals surface area (Å²) >= 11 is 0. The van der Waals surface area contributed by atoms with Crippen molar-refractivity contribution in [3.8, 4) is 0 Å². The van der Waals surface area contributed by atoms with Gasteiger partial charge in [0.1, 0.15) is 5.82 Å². The minimum absolute atomic E-state index is 0.510. The lowest BCUT2D eigenvalue weighted by Crippen LogP contribution is -2.05. The zero-order chi connectivity index (χ0) is 11.5. The molecule has 0 aliphatic rings. The molecule has 0 aromatic carbocycles. The van der Waals surface area contributed by atoms with Crippen LogP contribution in [0.4, 0.5) is 5.82 Å². The van der Waals surface area contributed by atoms with Crippen LogP contribution in [-0.2, 0) is 6.42 Å². The Balaban J connectivity index is 2.33. The van der Waals surface area contributed by atoms with Crippen LogP contribution in [0.5, 0.6) is 0 Å². The third-order valence-electron chi connectivity index (χ3n) is 2.78. The minimum atomic E-state index is 0.510. The molecule has 0 saturated heterocycles. The molecule has 0 saturated carbocycles. The van der Waals surface area contributed by atoms with Gasteiger partial charge in [0.2, 0.25) is 0 Å². The average Bonchev–Trinajstić information content (AvgIpc) is 2.31. The summed E-state index contributed by atoms with van der Waals surface area (Å²) in [7, 11) is 0. The van der Waals surface area contributed by atoms with E-state index in [-0.39, 0.29) is 0 Å². The Kier molecular flexibility index (Phi) is 2.81. The van der Waals surface area contributed by atoms with Crippen LogP contribution in [-0.4, -0.2) is 15.2 Å². The summed E-state index contributed by atoms with van der Waals surface area (Å²) in [6, 6.07) is 3.96. The Hall–Kier alpha value is -1.97. The highest BCUT2D eigenvalue weighted by Crippen LogP contribution is 2.17. The first-order valence-corrected chi connectivity index (χ1v) is 5.15. The van der Waals surface area contributed by atoms with Crippen LogP contribution >= 0.6 is 0 Å². The van der Waals surface area contributed by atoms with E-state index in [0.29, 0.717) is 5.82 Å². The van der Waals surface area contributed by atoms with Gasteiger partial charge in [-0.1, -0.05) is 0 Å². The zero-order valence-electron chi connectivity index (χ0n) is 9.44. The van der Waals surface area contributed by atoms with Crippen molar-refractivity contribution in [2.24, 2.45) is 0 Å². The monoisotopic (exact) mass is 214 g/mol. The maximum atomic E-state index is 5.70. The largest absolute Gasteiger partial charge is 0.382 e. The predicted molar refractivity (Wildman–Crippen MR) is 63.0 cm³/mol. The fourth-order valence-electron chi connectivity index (χ4n) is 1.53. The molecule has 82 valence electrons. The molecule has 0 aliphatic heterocycles. The van der Waals surface area contributed by atoms with Crippen molar-refractivity contribution in [1.82, 2.24) is 15.2 Å². The molecule has 4 heteroatoms. The van der Waals surface area contributed by atoms with Crippen molar-refractivity contribution in [3.63, 3.8) is 0 Å². The Morgan fingerprint density at radius 1 is 1.06 bits per heavy atom. The second-order valence-electron chi connectivity index (χ2n) is 3.81. The topological polar surface area (TPSA) is 64.7 Å². The third kappa shape index (κ3) is 2.00. The Morgan fingerprint density at radius 2 is 1.75 bits per heavy atom. The van der Waals surface area contributed by atoms with E-state index in [1.54, 1.807) is 12.4 Å². The summed E-state index contributed by atoms with van der Waals surface area (Å²) in [6.07, 6.45) is 4.33. The van der Waals surface area contributed by atoms with E-state index in [4.69, 9.17) is 5.73 Å². The van der Waals surface area contributed by atoms with Gasteiger partial charge in [-0.3, -0.25) is 4.98 Å². The number of nitrogens with zero attached hydrogens (tertiary/aromatic N) is 3. The molecule has 0 bridgehead atoms. The van der Waals surface area contributed by atoms with Crippen LogP contribution in [0, 0.1) is 13.8 Å². The first-order chi connectivity index (χ1) is 7.68. The van der Waals surface area contributed by atoms with Gasteiger partial charge in [-0.25, -0.2) is 0 Å². The number of nitrogen functional groups attached to an aromatic ring is 1. The van der Waals surface area contributed by atoms with E-state index < -0.39 is 0 Å². The number of anilines is 1. The van der Waals surface area contributed by atoms with Crippen molar-refractivity contribution in [2.45, 2.75) is 20.3 Å². The molecule has 2 aromatic rings. The SMILES string of the molecule is Cc1c(N)nnc(Cc2ccncc2)c1C. The number of hydrogen-bond donors (Lipinski definition) is 1. The van der Waals surface area contributed by atoms with Crippen LogP contribution in [0.15, 0.2) is 24.5 Å². The molecule has 0 atom stereocenters. The molecule has 2 N–H and O–H groups in total. The Morgan fingerprint density at radius 3 is 2.44 bits per heavy atom. The summed E-state index contributed by atoms with van der Waals surface area (Å²) in [4.78, 5) is 3.99. The van der Waals surface area contributed by atoms with Crippen LogP contribution in [0.2, 0.25) is 0 Å². The number of hydrogen-bond acceptors (Lipinski definition) is 4. The molecule has 0 spiro atoms. The summed E-state index contributed by atoms with van der Waals surface area (Å²) in [5, 5.41) is 8.09. The first kappa shape index (κ1) is 10.5. The lowest BCUT2D eigenvalue weighted by Gasteiger charge is -2.08. The summed E-state index contributed by atoms with van der Waals surface area (Å²) in [5.74, 6) is 0.510. The van der Waals surface area contributed by atoms with Gasteiger partial charge in [0.25, 0.3) is 0 Å². The van der Waals surface area contributed by atoms with Crippen molar-refractivity contribution < 1.29 is 0 Å². The molecule has 16 heavy (non-hydrogen) atoms.